The fourth-order valence-electron chi connectivity index (χ4n) is 2.52. The SMILES string of the molecule is CC(=O)c1ccc(S(=O)(=O)NCCc2ccc(-n3cccn3)cc2)cc1. The van der Waals surface area contributed by atoms with Crippen LogP contribution in [-0.2, 0) is 16.4 Å². The van der Waals surface area contributed by atoms with Crippen molar-refractivity contribution in [3.63, 3.8) is 0 Å². The number of Topliss-reactive ketones (excluding diaryl/α,β-unsaturated/α-hetero) is 1. The van der Waals surface area contributed by atoms with Gasteiger partial charge in [-0.05, 0) is 49.2 Å². The number of benzene rings is 2. The number of aromatic nitrogens is 2. The lowest BCUT2D eigenvalue weighted by Gasteiger charge is -2.08. The molecule has 0 fully saturated rings. The molecule has 0 saturated carbocycles. The van der Waals surface area contributed by atoms with Crippen LogP contribution in [0.2, 0.25) is 0 Å². The van der Waals surface area contributed by atoms with E-state index in [9.17, 15) is 13.2 Å². The molecule has 0 amide bonds. The summed E-state index contributed by atoms with van der Waals surface area (Å²) >= 11 is 0. The number of nitrogens with zero attached hydrogens (tertiary/aromatic N) is 2. The van der Waals surface area contributed by atoms with Gasteiger partial charge < -0.3 is 0 Å². The van der Waals surface area contributed by atoms with Gasteiger partial charge in [0.15, 0.2) is 5.78 Å². The van der Waals surface area contributed by atoms with Crippen molar-refractivity contribution in [2.75, 3.05) is 6.54 Å². The van der Waals surface area contributed by atoms with Crippen LogP contribution < -0.4 is 4.72 Å². The Morgan fingerprint density at radius 2 is 1.77 bits per heavy atom. The molecule has 6 nitrogen and oxygen atoms in total. The summed E-state index contributed by atoms with van der Waals surface area (Å²) in [4.78, 5) is 11.4. The number of carbonyl (C=O) groups is 1. The topological polar surface area (TPSA) is 81.1 Å². The summed E-state index contributed by atoms with van der Waals surface area (Å²) in [5, 5.41) is 4.17. The second-order valence-corrected chi connectivity index (χ2v) is 7.61. The Balaban J connectivity index is 1.59. The Bertz CT molecular complexity index is 978. The van der Waals surface area contributed by atoms with E-state index >= 15 is 0 Å². The van der Waals surface area contributed by atoms with Gasteiger partial charge in [-0.1, -0.05) is 24.3 Å². The van der Waals surface area contributed by atoms with Crippen molar-refractivity contribution in [1.82, 2.24) is 14.5 Å². The molecule has 0 unspecified atom stereocenters. The average Bonchev–Trinajstić information content (AvgIpc) is 3.17. The van der Waals surface area contributed by atoms with Crippen molar-refractivity contribution in [2.45, 2.75) is 18.2 Å². The molecular weight excluding hydrogens is 350 g/mol. The van der Waals surface area contributed by atoms with Crippen molar-refractivity contribution >= 4 is 15.8 Å². The Morgan fingerprint density at radius 1 is 1.08 bits per heavy atom. The summed E-state index contributed by atoms with van der Waals surface area (Å²) < 4.78 is 29.0. The number of nitrogens with one attached hydrogen (secondary N) is 1. The molecule has 0 aliphatic carbocycles. The van der Waals surface area contributed by atoms with E-state index in [1.165, 1.54) is 31.2 Å². The zero-order valence-corrected chi connectivity index (χ0v) is 15.1. The summed E-state index contributed by atoms with van der Waals surface area (Å²) in [6.07, 6.45) is 4.15. The minimum Gasteiger partial charge on any atom is -0.295 e. The van der Waals surface area contributed by atoms with Crippen LogP contribution in [0.1, 0.15) is 22.8 Å². The van der Waals surface area contributed by atoms with Crippen LogP contribution in [0.5, 0.6) is 0 Å². The molecule has 134 valence electrons. The average molecular weight is 369 g/mol. The van der Waals surface area contributed by atoms with E-state index in [0.717, 1.165) is 11.3 Å². The molecule has 3 rings (SSSR count). The predicted octanol–water partition coefficient (Wildman–Crippen LogP) is 2.60. The van der Waals surface area contributed by atoms with Gasteiger partial charge >= 0.3 is 0 Å². The molecule has 0 aliphatic heterocycles. The lowest BCUT2D eigenvalue weighted by Crippen LogP contribution is -2.26. The third kappa shape index (κ3) is 4.25. The quantitative estimate of drug-likeness (QED) is 0.649. The molecule has 7 heteroatoms. The molecule has 0 bridgehead atoms. The van der Waals surface area contributed by atoms with Crippen molar-refractivity contribution in [3.8, 4) is 5.69 Å². The van der Waals surface area contributed by atoms with Crippen molar-refractivity contribution in [1.29, 1.82) is 0 Å². The lowest BCUT2D eigenvalue weighted by molar-refractivity contribution is 0.101. The first-order valence-electron chi connectivity index (χ1n) is 8.15. The molecule has 1 aromatic heterocycles. The second-order valence-electron chi connectivity index (χ2n) is 5.85. The maximum Gasteiger partial charge on any atom is 0.240 e. The third-order valence-electron chi connectivity index (χ3n) is 3.98. The summed E-state index contributed by atoms with van der Waals surface area (Å²) in [5.74, 6) is -0.0968. The molecule has 0 radical (unpaired) electrons. The van der Waals surface area contributed by atoms with Crippen molar-refractivity contribution < 1.29 is 13.2 Å². The van der Waals surface area contributed by atoms with Gasteiger partial charge in [0, 0.05) is 24.5 Å². The first kappa shape index (κ1) is 18.0. The predicted molar refractivity (Wildman–Crippen MR) is 98.9 cm³/mol. The van der Waals surface area contributed by atoms with Gasteiger partial charge in [0.25, 0.3) is 0 Å². The fourth-order valence-corrected chi connectivity index (χ4v) is 3.55. The molecule has 0 saturated heterocycles. The highest BCUT2D eigenvalue weighted by atomic mass is 32.2. The number of carbonyl (C=O) groups excluding carboxylic acids is 1. The smallest absolute Gasteiger partial charge is 0.240 e. The van der Waals surface area contributed by atoms with Crippen LogP contribution in [0, 0.1) is 0 Å². The molecule has 3 aromatic rings. The van der Waals surface area contributed by atoms with Gasteiger partial charge in [-0.3, -0.25) is 4.79 Å². The minimum atomic E-state index is -3.59. The highest BCUT2D eigenvalue weighted by Gasteiger charge is 2.13. The summed E-state index contributed by atoms with van der Waals surface area (Å²) in [5.41, 5.74) is 2.46. The Morgan fingerprint density at radius 3 is 2.35 bits per heavy atom. The number of sulfonamides is 1. The molecule has 2 aromatic carbocycles. The van der Waals surface area contributed by atoms with Gasteiger partial charge in [-0.2, -0.15) is 5.10 Å². The maximum absolute atomic E-state index is 12.3. The zero-order chi connectivity index (χ0) is 18.6. The molecule has 0 spiro atoms. The van der Waals surface area contributed by atoms with Crippen LogP contribution >= 0.6 is 0 Å². The maximum atomic E-state index is 12.3. The Kier molecular flexibility index (Phi) is 5.29. The summed E-state index contributed by atoms with van der Waals surface area (Å²) in [6, 6.07) is 15.6. The Labute approximate surface area is 152 Å². The first-order valence-corrected chi connectivity index (χ1v) is 9.64. The van der Waals surface area contributed by atoms with Crippen molar-refractivity contribution in [3.05, 3.63) is 78.1 Å². The summed E-state index contributed by atoms with van der Waals surface area (Å²) in [6.45, 7) is 1.73. The first-order chi connectivity index (χ1) is 12.5. The van der Waals surface area contributed by atoms with Gasteiger partial charge in [0.2, 0.25) is 10.0 Å². The highest BCUT2D eigenvalue weighted by Crippen LogP contribution is 2.12. The normalized spacial score (nSPS) is 11.4. The molecular formula is C19H19N3O3S. The van der Waals surface area contributed by atoms with Gasteiger partial charge in [0.1, 0.15) is 0 Å². The van der Waals surface area contributed by atoms with Gasteiger partial charge in [-0.25, -0.2) is 17.8 Å². The molecule has 0 aliphatic rings. The largest absolute Gasteiger partial charge is 0.295 e. The van der Waals surface area contributed by atoms with Crippen LogP contribution in [-0.4, -0.2) is 30.5 Å². The third-order valence-corrected chi connectivity index (χ3v) is 5.46. The molecule has 0 atom stereocenters. The van der Waals surface area contributed by atoms with E-state index in [-0.39, 0.29) is 17.2 Å². The van der Waals surface area contributed by atoms with Gasteiger partial charge in [-0.15, -0.1) is 0 Å². The van der Waals surface area contributed by atoms with E-state index < -0.39 is 10.0 Å². The number of hydrogen-bond donors (Lipinski definition) is 1. The minimum absolute atomic E-state index is 0.0968. The molecule has 1 heterocycles. The van der Waals surface area contributed by atoms with E-state index in [0.29, 0.717) is 12.0 Å². The van der Waals surface area contributed by atoms with Crippen LogP contribution in [0.3, 0.4) is 0 Å². The van der Waals surface area contributed by atoms with E-state index in [4.69, 9.17) is 0 Å². The standard InChI is InChI=1S/C19H19N3O3S/c1-15(23)17-5-9-19(10-6-17)26(24,25)21-13-11-16-3-7-18(8-4-16)22-14-2-12-20-22/h2-10,12,14,21H,11,13H2,1H3. The van der Waals surface area contributed by atoms with Crippen molar-refractivity contribution in [2.24, 2.45) is 0 Å². The van der Waals surface area contributed by atoms with E-state index in [2.05, 4.69) is 9.82 Å². The van der Waals surface area contributed by atoms with Gasteiger partial charge in [0.05, 0.1) is 10.6 Å². The van der Waals surface area contributed by atoms with Crippen LogP contribution in [0.25, 0.3) is 5.69 Å². The number of ketones is 1. The van der Waals surface area contributed by atoms with E-state index in [1.807, 2.05) is 36.5 Å². The highest BCUT2D eigenvalue weighted by molar-refractivity contribution is 7.89. The molecule has 26 heavy (non-hydrogen) atoms. The number of hydrogen-bond acceptors (Lipinski definition) is 4. The monoisotopic (exact) mass is 369 g/mol. The lowest BCUT2D eigenvalue weighted by atomic mass is 10.1. The van der Waals surface area contributed by atoms with Crippen LogP contribution in [0.15, 0.2) is 71.9 Å². The molecule has 1 N–H and O–H groups in total. The summed E-state index contributed by atoms with van der Waals surface area (Å²) in [7, 11) is -3.59. The Hall–Kier alpha value is -2.77. The second kappa shape index (κ2) is 7.63. The van der Waals surface area contributed by atoms with Crippen LogP contribution in [0.4, 0.5) is 0 Å². The van der Waals surface area contributed by atoms with E-state index in [1.54, 1.807) is 10.9 Å². The zero-order valence-electron chi connectivity index (χ0n) is 14.3. The number of rotatable bonds is 7. The fraction of sp³-hybridized carbons (Fsp3) is 0.158.